The van der Waals surface area contributed by atoms with Crippen molar-refractivity contribution < 1.29 is 10.2 Å². The lowest BCUT2D eigenvalue weighted by Gasteiger charge is -2.27. The molecule has 5 nitrogen and oxygen atoms in total. The second kappa shape index (κ2) is 4.88. The van der Waals surface area contributed by atoms with E-state index in [4.69, 9.17) is 0 Å². The lowest BCUT2D eigenvalue weighted by atomic mass is 9.94. The molecule has 0 amide bonds. The minimum atomic E-state index is -1.20. The molecule has 0 aliphatic heterocycles. The number of aliphatic hydroxyl groups is 2. The smallest absolute Gasteiger partial charge is 0.126 e. The summed E-state index contributed by atoms with van der Waals surface area (Å²) in [5.41, 5.74) is 0.0813. The molecular weight excluding hydrogens is 230 g/mol. The predicted molar refractivity (Wildman–Crippen MR) is 67.2 cm³/mol. The molecule has 1 aromatic carbocycles. The van der Waals surface area contributed by atoms with Crippen LogP contribution in [0.5, 0.6) is 0 Å². The third-order valence-corrected chi connectivity index (χ3v) is 3.16. The maximum absolute atomic E-state index is 10.2. The highest BCUT2D eigenvalue weighted by Crippen LogP contribution is 2.28. The first-order chi connectivity index (χ1) is 8.56. The quantitative estimate of drug-likeness (QED) is 0.858. The number of aliphatic hydroxyl groups excluding tert-OH is 1. The van der Waals surface area contributed by atoms with Crippen molar-refractivity contribution in [2.75, 3.05) is 0 Å². The summed E-state index contributed by atoms with van der Waals surface area (Å²) in [4.78, 5) is 0. The Labute approximate surface area is 106 Å². The average Bonchev–Trinajstić information content (AvgIpc) is 2.87. The van der Waals surface area contributed by atoms with Crippen LogP contribution in [-0.4, -0.2) is 30.8 Å². The number of aromatic nitrogens is 3. The largest absolute Gasteiger partial charge is 0.387 e. The molecule has 0 fully saturated rings. The van der Waals surface area contributed by atoms with E-state index in [1.807, 2.05) is 37.3 Å². The van der Waals surface area contributed by atoms with Crippen molar-refractivity contribution in [2.45, 2.75) is 32.0 Å². The van der Waals surface area contributed by atoms with Crippen LogP contribution in [0.3, 0.4) is 0 Å². The third kappa shape index (κ3) is 2.27. The normalized spacial score (nSPS) is 16.2. The van der Waals surface area contributed by atoms with Crippen LogP contribution in [-0.2, 0) is 0 Å². The van der Waals surface area contributed by atoms with Crippen LogP contribution in [0.15, 0.2) is 36.5 Å². The fraction of sp³-hybridized carbons (Fsp3) is 0.385. The molecule has 2 atom stereocenters. The predicted octanol–water partition coefficient (Wildman–Crippen LogP) is 1.46. The van der Waals surface area contributed by atoms with E-state index in [9.17, 15) is 10.2 Å². The van der Waals surface area contributed by atoms with Gasteiger partial charge in [0, 0.05) is 0 Å². The van der Waals surface area contributed by atoms with Gasteiger partial charge in [-0.05, 0) is 25.5 Å². The molecule has 0 radical (unpaired) electrons. The van der Waals surface area contributed by atoms with E-state index in [0.717, 1.165) is 5.69 Å². The summed E-state index contributed by atoms with van der Waals surface area (Å²) in [7, 11) is 0. The van der Waals surface area contributed by atoms with Crippen LogP contribution >= 0.6 is 0 Å². The van der Waals surface area contributed by atoms with Crippen LogP contribution in [0.1, 0.15) is 32.1 Å². The Morgan fingerprint density at radius 2 is 2.00 bits per heavy atom. The van der Waals surface area contributed by atoms with Crippen molar-refractivity contribution in [1.82, 2.24) is 15.0 Å². The summed E-state index contributed by atoms with van der Waals surface area (Å²) < 4.78 is 1.54. The van der Waals surface area contributed by atoms with Crippen LogP contribution in [0, 0.1) is 0 Å². The molecule has 2 N–H and O–H groups in total. The zero-order valence-electron chi connectivity index (χ0n) is 10.5. The van der Waals surface area contributed by atoms with Gasteiger partial charge in [0.25, 0.3) is 0 Å². The summed E-state index contributed by atoms with van der Waals surface area (Å²) in [5.74, 6) is 0. The van der Waals surface area contributed by atoms with Gasteiger partial charge in [0.1, 0.15) is 6.10 Å². The van der Waals surface area contributed by atoms with Gasteiger partial charge in [-0.25, -0.2) is 4.68 Å². The van der Waals surface area contributed by atoms with E-state index < -0.39 is 11.7 Å². The molecule has 0 aliphatic carbocycles. The summed E-state index contributed by atoms with van der Waals surface area (Å²) in [6.45, 7) is 3.42. The van der Waals surface area contributed by atoms with Crippen molar-refractivity contribution >= 4 is 0 Å². The van der Waals surface area contributed by atoms with Crippen LogP contribution in [0.25, 0.3) is 5.69 Å². The van der Waals surface area contributed by atoms with E-state index in [1.165, 1.54) is 10.9 Å². The number of rotatable bonds is 4. The van der Waals surface area contributed by atoms with E-state index in [-0.39, 0.29) is 0 Å². The molecule has 0 saturated carbocycles. The summed E-state index contributed by atoms with van der Waals surface area (Å²) in [6, 6.07) is 9.39. The summed E-state index contributed by atoms with van der Waals surface area (Å²) >= 11 is 0. The number of para-hydroxylation sites is 1. The second-order valence-electron chi connectivity index (χ2n) is 4.52. The van der Waals surface area contributed by atoms with E-state index in [1.54, 1.807) is 6.92 Å². The maximum Gasteiger partial charge on any atom is 0.126 e. The van der Waals surface area contributed by atoms with Gasteiger partial charge in [0.15, 0.2) is 0 Å². The van der Waals surface area contributed by atoms with Gasteiger partial charge in [-0.3, -0.25) is 0 Å². The Hall–Kier alpha value is -1.72. The molecule has 96 valence electrons. The Balaban J connectivity index is 2.40. The van der Waals surface area contributed by atoms with Crippen LogP contribution < -0.4 is 0 Å². The zero-order valence-corrected chi connectivity index (χ0v) is 10.5. The van der Waals surface area contributed by atoms with Crippen LogP contribution in [0.2, 0.25) is 0 Å². The highest BCUT2D eigenvalue weighted by Gasteiger charge is 2.32. The second-order valence-corrected chi connectivity index (χ2v) is 4.52. The van der Waals surface area contributed by atoms with E-state index in [0.29, 0.717) is 12.1 Å². The van der Waals surface area contributed by atoms with Crippen molar-refractivity contribution in [3.05, 3.63) is 42.2 Å². The minimum Gasteiger partial charge on any atom is -0.387 e. The molecular formula is C13H17N3O2. The average molecular weight is 247 g/mol. The third-order valence-electron chi connectivity index (χ3n) is 3.16. The van der Waals surface area contributed by atoms with Gasteiger partial charge in [-0.1, -0.05) is 30.3 Å². The first-order valence-corrected chi connectivity index (χ1v) is 5.92. The summed E-state index contributed by atoms with van der Waals surface area (Å²) in [5, 5.41) is 28.1. The highest BCUT2D eigenvalue weighted by molar-refractivity contribution is 5.32. The van der Waals surface area contributed by atoms with Gasteiger partial charge in [-0.15, -0.1) is 5.10 Å². The molecule has 0 saturated heterocycles. The minimum absolute atomic E-state index is 0.439. The van der Waals surface area contributed by atoms with Crippen molar-refractivity contribution in [1.29, 1.82) is 0 Å². The number of hydrogen-bond acceptors (Lipinski definition) is 4. The van der Waals surface area contributed by atoms with Gasteiger partial charge in [0.05, 0.1) is 23.2 Å². The molecule has 2 rings (SSSR count). The van der Waals surface area contributed by atoms with Gasteiger partial charge >= 0.3 is 0 Å². The standard InChI is InChI=1S/C13H17N3O2/c1-3-13(2,18)12(17)11-9-14-15-16(11)10-7-5-4-6-8-10/h4-9,12,17-18H,3H2,1-2H3. The Kier molecular flexibility index (Phi) is 3.45. The van der Waals surface area contributed by atoms with Gasteiger partial charge < -0.3 is 10.2 Å². The summed E-state index contributed by atoms with van der Waals surface area (Å²) in [6.07, 6.45) is 0.883. The first-order valence-electron chi connectivity index (χ1n) is 5.92. The molecule has 0 spiro atoms. The molecule has 0 bridgehead atoms. The number of nitrogens with zero attached hydrogens (tertiary/aromatic N) is 3. The molecule has 2 unspecified atom stereocenters. The van der Waals surface area contributed by atoms with Crippen LogP contribution in [0.4, 0.5) is 0 Å². The molecule has 1 heterocycles. The number of hydrogen-bond donors (Lipinski definition) is 2. The highest BCUT2D eigenvalue weighted by atomic mass is 16.3. The maximum atomic E-state index is 10.2. The Morgan fingerprint density at radius 3 is 2.61 bits per heavy atom. The molecule has 5 heteroatoms. The van der Waals surface area contributed by atoms with Crippen molar-refractivity contribution in [3.63, 3.8) is 0 Å². The lowest BCUT2D eigenvalue weighted by molar-refractivity contribution is -0.0688. The van der Waals surface area contributed by atoms with Gasteiger partial charge in [0.2, 0.25) is 0 Å². The monoisotopic (exact) mass is 247 g/mol. The molecule has 1 aromatic heterocycles. The fourth-order valence-corrected chi connectivity index (χ4v) is 1.71. The lowest BCUT2D eigenvalue weighted by Crippen LogP contribution is -2.33. The zero-order chi connectivity index (χ0) is 13.2. The van der Waals surface area contributed by atoms with E-state index in [2.05, 4.69) is 10.3 Å². The van der Waals surface area contributed by atoms with Gasteiger partial charge in [-0.2, -0.15) is 0 Å². The Bertz CT molecular complexity index is 508. The molecule has 18 heavy (non-hydrogen) atoms. The van der Waals surface area contributed by atoms with Crippen molar-refractivity contribution in [2.24, 2.45) is 0 Å². The molecule has 2 aromatic rings. The Morgan fingerprint density at radius 1 is 1.33 bits per heavy atom. The fourth-order valence-electron chi connectivity index (χ4n) is 1.71. The number of benzene rings is 1. The molecule has 0 aliphatic rings. The topological polar surface area (TPSA) is 71.2 Å². The SMILES string of the molecule is CCC(C)(O)C(O)c1cnnn1-c1ccccc1. The first kappa shape index (κ1) is 12.7. The van der Waals surface area contributed by atoms with Crippen molar-refractivity contribution in [3.8, 4) is 5.69 Å². The van der Waals surface area contributed by atoms with E-state index >= 15 is 0 Å².